The first kappa shape index (κ1) is 10.1. The fourth-order valence-electron chi connectivity index (χ4n) is 2.21. The van der Waals surface area contributed by atoms with E-state index in [1.54, 1.807) is 0 Å². The summed E-state index contributed by atoms with van der Waals surface area (Å²) < 4.78 is 5.89. The second kappa shape index (κ2) is 3.47. The molecule has 0 amide bonds. The van der Waals surface area contributed by atoms with Gasteiger partial charge in [-0.15, -0.1) is 0 Å². The Hall–Kier alpha value is -1.06. The molecule has 3 nitrogen and oxygen atoms in total. The van der Waals surface area contributed by atoms with Crippen LogP contribution in [0.15, 0.2) is 24.3 Å². The summed E-state index contributed by atoms with van der Waals surface area (Å²) in [6.07, 6.45) is 2.55. The Balaban J connectivity index is 1.70. The van der Waals surface area contributed by atoms with Crippen molar-refractivity contribution in [3.8, 4) is 5.75 Å². The van der Waals surface area contributed by atoms with Crippen LogP contribution >= 0.6 is 0 Å². The number of ether oxygens (including phenoxy) is 1. The average molecular weight is 218 g/mol. The summed E-state index contributed by atoms with van der Waals surface area (Å²) in [4.78, 5) is 2.25. The maximum absolute atomic E-state index is 6.17. The number of hydrogen-bond acceptors (Lipinski definition) is 3. The van der Waals surface area contributed by atoms with E-state index in [9.17, 15) is 0 Å². The van der Waals surface area contributed by atoms with Gasteiger partial charge in [0.05, 0.1) is 0 Å². The first-order valence-corrected chi connectivity index (χ1v) is 5.90. The molecule has 0 bridgehead atoms. The smallest absolute Gasteiger partial charge is 0.124 e. The van der Waals surface area contributed by atoms with E-state index in [-0.39, 0.29) is 5.54 Å². The van der Waals surface area contributed by atoms with Gasteiger partial charge >= 0.3 is 0 Å². The second-order valence-electron chi connectivity index (χ2n) is 5.15. The second-order valence-corrected chi connectivity index (χ2v) is 5.15. The van der Waals surface area contributed by atoms with Crippen molar-refractivity contribution in [2.45, 2.75) is 24.5 Å². The summed E-state index contributed by atoms with van der Waals surface area (Å²) in [6, 6.07) is 8.27. The molecule has 2 fully saturated rings. The van der Waals surface area contributed by atoms with Crippen LogP contribution in [0.25, 0.3) is 0 Å². The van der Waals surface area contributed by atoms with E-state index in [1.165, 1.54) is 5.56 Å². The Morgan fingerprint density at radius 3 is 2.75 bits per heavy atom. The molecule has 0 atom stereocenters. The van der Waals surface area contributed by atoms with E-state index >= 15 is 0 Å². The predicted molar refractivity (Wildman–Crippen MR) is 63.5 cm³/mol. The van der Waals surface area contributed by atoms with Crippen molar-refractivity contribution < 1.29 is 4.74 Å². The van der Waals surface area contributed by atoms with Crippen molar-refractivity contribution in [2.75, 3.05) is 20.1 Å². The molecule has 16 heavy (non-hydrogen) atoms. The summed E-state index contributed by atoms with van der Waals surface area (Å²) in [7, 11) is 2.11. The molecular formula is C13H18N2O. The minimum absolute atomic E-state index is 0.0597. The van der Waals surface area contributed by atoms with Gasteiger partial charge in [0.15, 0.2) is 0 Å². The highest BCUT2D eigenvalue weighted by molar-refractivity contribution is 5.36. The topological polar surface area (TPSA) is 38.5 Å². The van der Waals surface area contributed by atoms with Gasteiger partial charge < -0.3 is 10.5 Å². The van der Waals surface area contributed by atoms with Crippen molar-refractivity contribution in [1.82, 2.24) is 4.90 Å². The van der Waals surface area contributed by atoms with E-state index in [1.807, 2.05) is 12.1 Å². The summed E-state index contributed by atoms with van der Waals surface area (Å²) in [5.41, 5.74) is 7.33. The molecule has 0 radical (unpaired) electrons. The zero-order valence-corrected chi connectivity index (χ0v) is 9.65. The van der Waals surface area contributed by atoms with Gasteiger partial charge in [-0.2, -0.15) is 0 Å². The van der Waals surface area contributed by atoms with Crippen LogP contribution in [0.3, 0.4) is 0 Å². The maximum atomic E-state index is 6.17. The molecule has 2 aliphatic rings. The molecule has 86 valence electrons. The summed E-state index contributed by atoms with van der Waals surface area (Å²) >= 11 is 0. The highest BCUT2D eigenvalue weighted by atomic mass is 16.5. The quantitative estimate of drug-likeness (QED) is 0.831. The lowest BCUT2D eigenvalue weighted by molar-refractivity contribution is 0.0387. The van der Waals surface area contributed by atoms with Crippen LogP contribution < -0.4 is 10.5 Å². The lowest BCUT2D eigenvalue weighted by atomic mass is 10.1. The molecule has 3 heteroatoms. The third-order valence-electron chi connectivity index (χ3n) is 3.53. The molecule has 1 heterocycles. The molecule has 0 spiro atoms. The van der Waals surface area contributed by atoms with Crippen molar-refractivity contribution in [1.29, 1.82) is 0 Å². The fourth-order valence-corrected chi connectivity index (χ4v) is 2.21. The normalized spacial score (nSPS) is 23.9. The van der Waals surface area contributed by atoms with Gasteiger partial charge in [-0.25, -0.2) is 0 Å². The molecule has 1 saturated heterocycles. The molecule has 1 aliphatic carbocycles. The van der Waals surface area contributed by atoms with Gasteiger partial charge in [0.1, 0.15) is 11.9 Å². The molecule has 3 rings (SSSR count). The zero-order chi connectivity index (χ0) is 11.2. The first-order chi connectivity index (χ1) is 7.66. The summed E-state index contributed by atoms with van der Waals surface area (Å²) in [6.45, 7) is 2.05. The van der Waals surface area contributed by atoms with Crippen LogP contribution in [0.2, 0.25) is 0 Å². The van der Waals surface area contributed by atoms with Crippen LogP contribution in [0, 0.1) is 0 Å². The Morgan fingerprint density at radius 1 is 1.38 bits per heavy atom. The van der Waals surface area contributed by atoms with Crippen LogP contribution in [-0.2, 0) is 5.54 Å². The molecule has 1 aromatic rings. The highest BCUT2D eigenvalue weighted by Gasteiger charge is 2.40. The first-order valence-electron chi connectivity index (χ1n) is 5.90. The Bertz CT molecular complexity index is 395. The van der Waals surface area contributed by atoms with Gasteiger partial charge in [0, 0.05) is 18.6 Å². The molecule has 1 saturated carbocycles. The Morgan fingerprint density at radius 2 is 2.12 bits per heavy atom. The Kier molecular flexibility index (Phi) is 2.19. The standard InChI is InChI=1S/C13H18N2O/c1-15-8-12(9-15)16-11-4-2-3-10(7-11)13(14)5-6-13/h2-4,7,12H,5-6,8-9,14H2,1H3. The van der Waals surface area contributed by atoms with Gasteiger partial charge in [0.2, 0.25) is 0 Å². The van der Waals surface area contributed by atoms with E-state index in [0.717, 1.165) is 31.7 Å². The summed E-state index contributed by atoms with van der Waals surface area (Å²) in [5.74, 6) is 0.965. The molecule has 0 unspecified atom stereocenters. The lowest BCUT2D eigenvalue weighted by Crippen LogP contribution is -2.51. The van der Waals surface area contributed by atoms with Crippen molar-refractivity contribution in [2.24, 2.45) is 5.73 Å². The van der Waals surface area contributed by atoms with Crippen molar-refractivity contribution in [3.05, 3.63) is 29.8 Å². The lowest BCUT2D eigenvalue weighted by Gasteiger charge is -2.36. The van der Waals surface area contributed by atoms with Crippen molar-refractivity contribution >= 4 is 0 Å². The number of likely N-dealkylation sites (N-methyl/N-ethyl adjacent to an activating group) is 1. The van der Waals surface area contributed by atoms with Gasteiger partial charge in [-0.05, 0) is 37.6 Å². The zero-order valence-electron chi connectivity index (χ0n) is 9.65. The monoisotopic (exact) mass is 218 g/mol. The minimum atomic E-state index is -0.0597. The van der Waals surface area contributed by atoms with Crippen LogP contribution in [-0.4, -0.2) is 31.1 Å². The molecular weight excluding hydrogens is 200 g/mol. The van der Waals surface area contributed by atoms with Crippen LogP contribution in [0.1, 0.15) is 18.4 Å². The fraction of sp³-hybridized carbons (Fsp3) is 0.538. The average Bonchev–Trinajstić information content (AvgIpc) is 2.96. The third kappa shape index (κ3) is 1.81. The van der Waals surface area contributed by atoms with Crippen molar-refractivity contribution in [3.63, 3.8) is 0 Å². The molecule has 2 N–H and O–H groups in total. The van der Waals surface area contributed by atoms with E-state index < -0.39 is 0 Å². The highest BCUT2D eigenvalue weighted by Crippen LogP contribution is 2.43. The minimum Gasteiger partial charge on any atom is -0.488 e. The van der Waals surface area contributed by atoms with Crippen LogP contribution in [0.5, 0.6) is 5.75 Å². The van der Waals surface area contributed by atoms with E-state index in [0.29, 0.717) is 6.10 Å². The SMILES string of the molecule is CN1CC(Oc2cccc(C3(N)CC3)c2)C1. The van der Waals surface area contributed by atoms with Gasteiger partial charge in [-0.1, -0.05) is 12.1 Å². The van der Waals surface area contributed by atoms with E-state index in [4.69, 9.17) is 10.5 Å². The number of rotatable bonds is 3. The number of likely N-dealkylation sites (tertiary alicyclic amines) is 1. The number of nitrogens with zero attached hydrogens (tertiary/aromatic N) is 1. The van der Waals surface area contributed by atoms with Gasteiger partial charge in [0.25, 0.3) is 0 Å². The third-order valence-corrected chi connectivity index (χ3v) is 3.53. The predicted octanol–water partition coefficient (Wildman–Crippen LogP) is 1.33. The largest absolute Gasteiger partial charge is 0.488 e. The molecule has 1 aromatic carbocycles. The maximum Gasteiger partial charge on any atom is 0.124 e. The molecule has 0 aromatic heterocycles. The number of nitrogens with two attached hydrogens (primary N) is 1. The molecule has 1 aliphatic heterocycles. The van der Waals surface area contributed by atoms with Gasteiger partial charge in [-0.3, -0.25) is 4.90 Å². The number of benzene rings is 1. The van der Waals surface area contributed by atoms with E-state index in [2.05, 4.69) is 24.1 Å². The summed E-state index contributed by atoms with van der Waals surface area (Å²) in [5, 5.41) is 0. The Labute approximate surface area is 96.2 Å². The number of hydrogen-bond donors (Lipinski definition) is 1. The van der Waals surface area contributed by atoms with Crippen LogP contribution in [0.4, 0.5) is 0 Å².